The third kappa shape index (κ3) is 4.12. The summed E-state index contributed by atoms with van der Waals surface area (Å²) in [5.74, 6) is 0. The molecule has 1 amide bonds. The minimum atomic E-state index is -0.296. The molecule has 1 aliphatic heterocycles. The standard InChI is InChI=1S/C9H18N2O2/c1-2-5-11-9(12)13-7-8-4-3-6-10-8/h8,10H,2-7H2,1H3,(H,11,12). The minimum Gasteiger partial charge on any atom is -0.448 e. The summed E-state index contributed by atoms with van der Waals surface area (Å²) in [5.41, 5.74) is 0. The van der Waals surface area contributed by atoms with Gasteiger partial charge in [0, 0.05) is 12.6 Å². The molecule has 1 atom stereocenters. The number of ether oxygens (including phenoxy) is 1. The van der Waals surface area contributed by atoms with Crippen LogP contribution in [0.5, 0.6) is 0 Å². The van der Waals surface area contributed by atoms with Crippen LogP contribution in [0.3, 0.4) is 0 Å². The molecule has 1 aliphatic rings. The zero-order valence-corrected chi connectivity index (χ0v) is 8.14. The predicted octanol–water partition coefficient (Wildman–Crippen LogP) is 0.875. The highest BCUT2D eigenvalue weighted by atomic mass is 16.5. The molecular formula is C9H18N2O2. The lowest BCUT2D eigenvalue weighted by Crippen LogP contribution is -2.32. The lowest BCUT2D eigenvalue weighted by molar-refractivity contribution is 0.136. The maximum absolute atomic E-state index is 11.0. The molecule has 76 valence electrons. The van der Waals surface area contributed by atoms with Gasteiger partial charge in [-0.2, -0.15) is 0 Å². The third-order valence-corrected chi connectivity index (χ3v) is 2.10. The van der Waals surface area contributed by atoms with Crippen molar-refractivity contribution in [1.29, 1.82) is 0 Å². The van der Waals surface area contributed by atoms with Gasteiger partial charge in [-0.1, -0.05) is 6.92 Å². The van der Waals surface area contributed by atoms with Crippen LogP contribution in [0.2, 0.25) is 0 Å². The molecule has 1 rings (SSSR count). The second kappa shape index (κ2) is 5.80. The molecular weight excluding hydrogens is 168 g/mol. The van der Waals surface area contributed by atoms with Gasteiger partial charge in [0.25, 0.3) is 0 Å². The number of carbonyl (C=O) groups excluding carboxylic acids is 1. The molecule has 4 heteroatoms. The van der Waals surface area contributed by atoms with Crippen molar-refractivity contribution >= 4 is 6.09 Å². The van der Waals surface area contributed by atoms with Crippen LogP contribution in [0.1, 0.15) is 26.2 Å². The van der Waals surface area contributed by atoms with Crippen molar-refractivity contribution in [2.75, 3.05) is 19.7 Å². The molecule has 0 aromatic carbocycles. The summed E-state index contributed by atoms with van der Waals surface area (Å²) in [6.45, 7) is 4.25. The van der Waals surface area contributed by atoms with Gasteiger partial charge < -0.3 is 15.4 Å². The fraction of sp³-hybridized carbons (Fsp3) is 0.889. The molecule has 0 aromatic rings. The summed E-state index contributed by atoms with van der Waals surface area (Å²) in [6, 6.07) is 0.368. The Hall–Kier alpha value is -0.770. The largest absolute Gasteiger partial charge is 0.448 e. The number of nitrogens with one attached hydrogen (secondary N) is 2. The van der Waals surface area contributed by atoms with E-state index in [1.165, 1.54) is 6.42 Å². The van der Waals surface area contributed by atoms with Gasteiger partial charge in [0.2, 0.25) is 0 Å². The summed E-state index contributed by atoms with van der Waals surface area (Å²) in [6.07, 6.45) is 2.94. The first-order chi connectivity index (χ1) is 6.33. The zero-order chi connectivity index (χ0) is 9.52. The van der Waals surface area contributed by atoms with Crippen molar-refractivity contribution in [3.63, 3.8) is 0 Å². The zero-order valence-electron chi connectivity index (χ0n) is 8.14. The molecule has 0 aliphatic carbocycles. The third-order valence-electron chi connectivity index (χ3n) is 2.10. The van der Waals surface area contributed by atoms with E-state index in [0.717, 1.165) is 19.4 Å². The van der Waals surface area contributed by atoms with E-state index in [1.54, 1.807) is 0 Å². The first kappa shape index (κ1) is 10.3. The van der Waals surface area contributed by atoms with E-state index in [-0.39, 0.29) is 6.09 Å². The van der Waals surface area contributed by atoms with Gasteiger partial charge in [0.1, 0.15) is 6.61 Å². The highest BCUT2D eigenvalue weighted by Crippen LogP contribution is 2.04. The Morgan fingerprint density at radius 2 is 2.54 bits per heavy atom. The Balaban J connectivity index is 2.00. The van der Waals surface area contributed by atoms with E-state index in [2.05, 4.69) is 10.6 Å². The Morgan fingerprint density at radius 1 is 1.69 bits per heavy atom. The highest BCUT2D eigenvalue weighted by molar-refractivity contribution is 5.67. The second-order valence-electron chi connectivity index (χ2n) is 3.32. The van der Waals surface area contributed by atoms with Crippen LogP contribution in [0.25, 0.3) is 0 Å². The molecule has 1 heterocycles. The number of hydrogen-bond acceptors (Lipinski definition) is 3. The van der Waals surface area contributed by atoms with Gasteiger partial charge in [0.15, 0.2) is 0 Å². The number of alkyl carbamates (subject to hydrolysis) is 1. The summed E-state index contributed by atoms with van der Waals surface area (Å²) in [5, 5.41) is 5.93. The van der Waals surface area contributed by atoms with E-state index in [4.69, 9.17) is 4.74 Å². The van der Waals surface area contributed by atoms with Crippen molar-refractivity contribution < 1.29 is 9.53 Å². The summed E-state index contributed by atoms with van der Waals surface area (Å²) < 4.78 is 5.02. The maximum Gasteiger partial charge on any atom is 0.407 e. The SMILES string of the molecule is CCCNC(=O)OCC1CCCN1. The average Bonchev–Trinajstić information content (AvgIpc) is 2.64. The molecule has 2 N–H and O–H groups in total. The molecule has 0 aromatic heterocycles. The Kier molecular flexibility index (Phi) is 4.60. The smallest absolute Gasteiger partial charge is 0.407 e. The van der Waals surface area contributed by atoms with Crippen LogP contribution >= 0.6 is 0 Å². The second-order valence-corrected chi connectivity index (χ2v) is 3.32. The predicted molar refractivity (Wildman–Crippen MR) is 50.7 cm³/mol. The quantitative estimate of drug-likeness (QED) is 0.685. The lowest BCUT2D eigenvalue weighted by Gasteiger charge is -2.10. The monoisotopic (exact) mass is 186 g/mol. The van der Waals surface area contributed by atoms with Crippen LogP contribution in [-0.2, 0) is 4.74 Å². The molecule has 1 fully saturated rings. The van der Waals surface area contributed by atoms with E-state index in [9.17, 15) is 4.79 Å². The number of rotatable bonds is 4. The molecule has 0 bridgehead atoms. The summed E-state index contributed by atoms with van der Waals surface area (Å²) in [4.78, 5) is 11.0. The van der Waals surface area contributed by atoms with E-state index >= 15 is 0 Å². The highest BCUT2D eigenvalue weighted by Gasteiger charge is 2.15. The van der Waals surface area contributed by atoms with Crippen LogP contribution < -0.4 is 10.6 Å². The van der Waals surface area contributed by atoms with Crippen molar-refractivity contribution in [1.82, 2.24) is 10.6 Å². The number of hydrogen-bond donors (Lipinski definition) is 2. The first-order valence-corrected chi connectivity index (χ1v) is 4.97. The van der Waals surface area contributed by atoms with Crippen molar-refractivity contribution in [2.24, 2.45) is 0 Å². The lowest BCUT2D eigenvalue weighted by atomic mass is 10.2. The van der Waals surface area contributed by atoms with Crippen molar-refractivity contribution in [3.8, 4) is 0 Å². The first-order valence-electron chi connectivity index (χ1n) is 4.97. The van der Waals surface area contributed by atoms with Crippen LogP contribution in [0.4, 0.5) is 4.79 Å². The fourth-order valence-corrected chi connectivity index (χ4v) is 1.35. The van der Waals surface area contributed by atoms with E-state index in [0.29, 0.717) is 19.2 Å². The van der Waals surface area contributed by atoms with Gasteiger partial charge in [-0.15, -0.1) is 0 Å². The number of carbonyl (C=O) groups is 1. The van der Waals surface area contributed by atoms with Crippen molar-refractivity contribution in [3.05, 3.63) is 0 Å². The Labute approximate surface area is 79.0 Å². The summed E-state index contributed by atoms with van der Waals surface area (Å²) in [7, 11) is 0. The topological polar surface area (TPSA) is 50.4 Å². The average molecular weight is 186 g/mol. The fourth-order valence-electron chi connectivity index (χ4n) is 1.35. The Bertz CT molecular complexity index is 156. The van der Waals surface area contributed by atoms with E-state index < -0.39 is 0 Å². The van der Waals surface area contributed by atoms with Crippen LogP contribution in [0, 0.1) is 0 Å². The van der Waals surface area contributed by atoms with Gasteiger partial charge in [-0.3, -0.25) is 0 Å². The van der Waals surface area contributed by atoms with Gasteiger partial charge in [0.05, 0.1) is 0 Å². The molecule has 0 radical (unpaired) electrons. The van der Waals surface area contributed by atoms with E-state index in [1.807, 2.05) is 6.92 Å². The van der Waals surface area contributed by atoms with Crippen LogP contribution in [-0.4, -0.2) is 31.8 Å². The molecule has 4 nitrogen and oxygen atoms in total. The van der Waals surface area contributed by atoms with Gasteiger partial charge in [-0.25, -0.2) is 4.79 Å². The molecule has 13 heavy (non-hydrogen) atoms. The normalized spacial score (nSPS) is 21.5. The number of amides is 1. The van der Waals surface area contributed by atoms with Crippen molar-refractivity contribution in [2.45, 2.75) is 32.2 Å². The maximum atomic E-state index is 11.0. The Morgan fingerprint density at radius 3 is 3.15 bits per heavy atom. The molecule has 0 spiro atoms. The minimum absolute atomic E-state index is 0.296. The molecule has 1 unspecified atom stereocenters. The molecule has 0 saturated carbocycles. The van der Waals surface area contributed by atoms with Gasteiger partial charge in [-0.05, 0) is 25.8 Å². The van der Waals surface area contributed by atoms with Crippen LogP contribution in [0.15, 0.2) is 0 Å². The summed E-state index contributed by atoms with van der Waals surface area (Å²) >= 11 is 0. The van der Waals surface area contributed by atoms with Gasteiger partial charge >= 0.3 is 6.09 Å². The molecule has 1 saturated heterocycles.